The Labute approximate surface area is 180 Å². The molecule has 5 rings (SSSR count). The van der Waals surface area contributed by atoms with Crippen molar-refractivity contribution in [2.24, 2.45) is 0 Å². The lowest BCUT2D eigenvalue weighted by Crippen LogP contribution is -2.46. The molecule has 3 heterocycles. The average Bonchev–Trinajstić information content (AvgIpc) is 3.15. The number of benzene rings is 2. The fraction of sp³-hybridized carbons (Fsp3) is 0.292. The Kier molecular flexibility index (Phi) is 4.82. The van der Waals surface area contributed by atoms with E-state index in [1.54, 1.807) is 10.8 Å². The Balaban J connectivity index is 1.62. The van der Waals surface area contributed by atoms with Crippen LogP contribution >= 0.6 is 0 Å². The molecule has 158 valence electrons. The second-order valence-electron chi connectivity index (χ2n) is 8.30. The first-order valence-corrected chi connectivity index (χ1v) is 10.6. The molecular weight excluding hydrogens is 390 g/mol. The van der Waals surface area contributed by atoms with Crippen molar-refractivity contribution in [1.82, 2.24) is 24.1 Å². The number of para-hydroxylation sites is 2. The first-order chi connectivity index (χ1) is 15.0. The summed E-state index contributed by atoms with van der Waals surface area (Å²) in [6.45, 7) is 1.41. The molecular formula is C24H25N5O2. The molecule has 0 radical (unpaired) electrons. The molecule has 0 bridgehead atoms. The minimum Gasteiger partial charge on any atom is -0.324 e. The summed E-state index contributed by atoms with van der Waals surface area (Å²) in [5.41, 5.74) is 2.29. The number of carbonyl (C=O) groups is 1. The Morgan fingerprint density at radius 1 is 1.00 bits per heavy atom. The number of pyridine rings is 1. The van der Waals surface area contributed by atoms with Crippen molar-refractivity contribution in [1.29, 1.82) is 0 Å². The highest BCUT2D eigenvalue weighted by molar-refractivity contribution is 5.99. The Morgan fingerprint density at radius 3 is 2.39 bits per heavy atom. The number of hydrogen-bond donors (Lipinski definition) is 0. The van der Waals surface area contributed by atoms with Crippen LogP contribution in [0.15, 0.2) is 65.6 Å². The average molecular weight is 415 g/mol. The topological polar surface area (TPSA) is 63.4 Å². The molecule has 7 nitrogen and oxygen atoms in total. The van der Waals surface area contributed by atoms with Crippen molar-refractivity contribution >= 4 is 16.9 Å². The van der Waals surface area contributed by atoms with Crippen molar-refractivity contribution in [3.05, 3.63) is 71.1 Å². The van der Waals surface area contributed by atoms with Gasteiger partial charge in [-0.3, -0.25) is 9.36 Å². The standard InChI is InChI=1S/C24H25N5O2/c1-26(2)17-12-14-27(15-13-17)24(31)28-16-20-22(19-10-6-7-11-21(19)28)25-29(23(20)30)18-8-4-3-5-9-18/h3-11,16-17H,12-15H2,1-2H3. The first kappa shape index (κ1) is 19.5. The van der Waals surface area contributed by atoms with Crippen molar-refractivity contribution in [2.45, 2.75) is 18.9 Å². The van der Waals surface area contributed by atoms with Crippen molar-refractivity contribution in [3.8, 4) is 16.9 Å². The molecule has 0 aliphatic carbocycles. The van der Waals surface area contributed by atoms with E-state index in [9.17, 15) is 9.59 Å². The van der Waals surface area contributed by atoms with Crippen LogP contribution in [0, 0.1) is 0 Å². The summed E-state index contributed by atoms with van der Waals surface area (Å²) in [6, 6.07) is 17.4. The number of nitrogens with zero attached hydrogens (tertiary/aromatic N) is 5. The van der Waals surface area contributed by atoms with E-state index in [-0.39, 0.29) is 11.6 Å². The van der Waals surface area contributed by atoms with Crippen LogP contribution in [0.2, 0.25) is 0 Å². The summed E-state index contributed by atoms with van der Waals surface area (Å²) >= 11 is 0. The highest BCUT2D eigenvalue weighted by Crippen LogP contribution is 2.29. The molecule has 2 aromatic rings. The summed E-state index contributed by atoms with van der Waals surface area (Å²) in [5.74, 6) is 0. The maximum Gasteiger partial charge on any atom is 0.328 e. The Morgan fingerprint density at radius 2 is 1.68 bits per heavy atom. The van der Waals surface area contributed by atoms with Gasteiger partial charge in [-0.05, 0) is 45.1 Å². The molecule has 0 aromatic heterocycles. The van der Waals surface area contributed by atoms with E-state index in [0.29, 0.717) is 36.1 Å². The van der Waals surface area contributed by atoms with Gasteiger partial charge in [0.15, 0.2) is 0 Å². The number of hydrogen-bond acceptors (Lipinski definition) is 4. The van der Waals surface area contributed by atoms with Gasteiger partial charge in [-0.2, -0.15) is 9.78 Å². The molecule has 0 N–H and O–H groups in total. The maximum atomic E-state index is 13.5. The van der Waals surface area contributed by atoms with Crippen LogP contribution in [-0.2, 0) is 0 Å². The number of aromatic nitrogens is 3. The van der Waals surface area contributed by atoms with Gasteiger partial charge in [0, 0.05) is 30.7 Å². The molecule has 3 aliphatic heterocycles. The summed E-state index contributed by atoms with van der Waals surface area (Å²) in [5, 5.41) is 5.41. The van der Waals surface area contributed by atoms with Gasteiger partial charge in [0.1, 0.15) is 5.69 Å². The van der Waals surface area contributed by atoms with Gasteiger partial charge >= 0.3 is 6.03 Å². The summed E-state index contributed by atoms with van der Waals surface area (Å²) in [7, 11) is 4.16. The SMILES string of the molecule is CN(C)C1CCN(C(=O)n2cc3c(=O)n(-c4ccccc4)nc-3c3ccccc32)CC1. The van der Waals surface area contributed by atoms with Gasteiger partial charge in [0.05, 0.1) is 16.8 Å². The van der Waals surface area contributed by atoms with Crippen LogP contribution in [0.3, 0.4) is 0 Å². The van der Waals surface area contributed by atoms with Gasteiger partial charge in [0.25, 0.3) is 5.56 Å². The monoisotopic (exact) mass is 415 g/mol. The second-order valence-corrected chi connectivity index (χ2v) is 8.30. The molecule has 0 saturated carbocycles. The van der Waals surface area contributed by atoms with Crippen molar-refractivity contribution < 1.29 is 4.79 Å². The first-order valence-electron chi connectivity index (χ1n) is 10.6. The van der Waals surface area contributed by atoms with Crippen LogP contribution in [0.25, 0.3) is 27.8 Å². The lowest BCUT2D eigenvalue weighted by molar-refractivity contribution is 0.149. The van der Waals surface area contributed by atoms with E-state index < -0.39 is 0 Å². The third kappa shape index (κ3) is 3.31. The highest BCUT2D eigenvalue weighted by Gasteiger charge is 2.27. The van der Waals surface area contributed by atoms with Crippen LogP contribution < -0.4 is 5.56 Å². The lowest BCUT2D eigenvalue weighted by atomic mass is 10.0. The third-order valence-corrected chi connectivity index (χ3v) is 6.23. The van der Waals surface area contributed by atoms with Gasteiger partial charge in [-0.1, -0.05) is 36.4 Å². The summed E-state index contributed by atoms with van der Waals surface area (Å²) in [6.07, 6.45) is 3.54. The second kappa shape index (κ2) is 7.67. The molecule has 1 fully saturated rings. The highest BCUT2D eigenvalue weighted by atomic mass is 16.2. The van der Waals surface area contributed by atoms with Crippen molar-refractivity contribution in [2.75, 3.05) is 27.2 Å². The summed E-state index contributed by atoms with van der Waals surface area (Å²) in [4.78, 5) is 30.8. The molecule has 1 saturated heterocycles. The van der Waals surface area contributed by atoms with Crippen LogP contribution in [0.4, 0.5) is 4.79 Å². The van der Waals surface area contributed by atoms with Gasteiger partial charge in [0.2, 0.25) is 0 Å². The predicted molar refractivity (Wildman–Crippen MR) is 121 cm³/mol. The number of carbonyl (C=O) groups excluding carboxylic acids is 1. The molecule has 0 unspecified atom stereocenters. The number of likely N-dealkylation sites (tertiary alicyclic amines) is 1. The summed E-state index contributed by atoms with van der Waals surface area (Å²) < 4.78 is 3.03. The molecule has 0 atom stereocenters. The van der Waals surface area contributed by atoms with Crippen LogP contribution in [0.5, 0.6) is 0 Å². The molecule has 2 aromatic carbocycles. The zero-order chi connectivity index (χ0) is 21.5. The van der Waals surface area contributed by atoms with E-state index in [0.717, 1.165) is 23.7 Å². The number of amides is 1. The quantitative estimate of drug-likeness (QED) is 0.504. The molecule has 7 heteroatoms. The Bertz CT molecular complexity index is 1270. The van der Waals surface area contributed by atoms with Crippen molar-refractivity contribution in [3.63, 3.8) is 0 Å². The van der Waals surface area contributed by atoms with E-state index in [1.807, 2.05) is 59.5 Å². The van der Waals surface area contributed by atoms with Crippen LogP contribution in [0.1, 0.15) is 12.8 Å². The molecule has 1 amide bonds. The predicted octanol–water partition coefficient (Wildman–Crippen LogP) is 3.29. The minimum absolute atomic E-state index is 0.0952. The molecule has 0 spiro atoms. The Hall–Kier alpha value is -3.45. The number of rotatable bonds is 2. The zero-order valence-electron chi connectivity index (χ0n) is 17.7. The zero-order valence-corrected chi connectivity index (χ0v) is 17.7. The minimum atomic E-state index is -0.222. The van der Waals surface area contributed by atoms with Gasteiger partial charge < -0.3 is 9.80 Å². The fourth-order valence-corrected chi connectivity index (χ4v) is 4.44. The van der Waals surface area contributed by atoms with Gasteiger partial charge in [-0.25, -0.2) is 4.79 Å². The van der Waals surface area contributed by atoms with E-state index >= 15 is 0 Å². The third-order valence-electron chi connectivity index (χ3n) is 6.23. The lowest BCUT2D eigenvalue weighted by Gasteiger charge is -2.35. The normalized spacial score (nSPS) is 15.3. The largest absolute Gasteiger partial charge is 0.328 e. The van der Waals surface area contributed by atoms with Crippen LogP contribution in [-0.4, -0.2) is 63.4 Å². The van der Waals surface area contributed by atoms with E-state index in [2.05, 4.69) is 24.1 Å². The smallest absolute Gasteiger partial charge is 0.324 e. The maximum absolute atomic E-state index is 13.5. The van der Waals surface area contributed by atoms with Gasteiger partial charge in [-0.15, -0.1) is 0 Å². The molecule has 3 aliphatic rings. The number of piperidine rings is 1. The van der Waals surface area contributed by atoms with E-state index in [1.165, 1.54) is 4.68 Å². The number of fused-ring (bicyclic) bond motifs is 3. The van der Waals surface area contributed by atoms with E-state index in [4.69, 9.17) is 0 Å². The molecule has 31 heavy (non-hydrogen) atoms. The fourth-order valence-electron chi connectivity index (χ4n) is 4.44.